The third kappa shape index (κ3) is 5.34. The molecule has 120 valence electrons. The van der Waals surface area contributed by atoms with E-state index in [4.69, 9.17) is 0 Å². The first-order valence-electron chi connectivity index (χ1n) is 7.56. The lowest BCUT2D eigenvalue weighted by Crippen LogP contribution is -2.38. The number of hydrogen-bond acceptors (Lipinski definition) is 1. The van der Waals surface area contributed by atoms with Gasteiger partial charge in [-0.2, -0.15) is 13.2 Å². The van der Waals surface area contributed by atoms with Gasteiger partial charge in [-0.3, -0.25) is 4.90 Å². The molecule has 0 spiro atoms. The second-order valence-corrected chi connectivity index (χ2v) is 6.31. The summed E-state index contributed by atoms with van der Waals surface area (Å²) in [6.45, 7) is 10.4. The Morgan fingerprint density at radius 3 is 2.19 bits per heavy atom. The second kappa shape index (κ2) is 6.82. The van der Waals surface area contributed by atoms with Gasteiger partial charge in [0.15, 0.2) is 0 Å². The molecule has 1 aromatic rings. The molecule has 0 bridgehead atoms. The van der Waals surface area contributed by atoms with Gasteiger partial charge in [0.1, 0.15) is 0 Å². The van der Waals surface area contributed by atoms with Gasteiger partial charge in [-0.05, 0) is 28.5 Å². The van der Waals surface area contributed by atoms with E-state index >= 15 is 0 Å². The van der Waals surface area contributed by atoms with Crippen molar-refractivity contribution in [2.45, 2.75) is 59.2 Å². The van der Waals surface area contributed by atoms with Crippen LogP contribution in [0.1, 0.15) is 51.3 Å². The van der Waals surface area contributed by atoms with Crippen molar-refractivity contribution in [3.63, 3.8) is 0 Å². The normalized spacial score (nSPS) is 16.0. The Bertz CT molecular complexity index is 458. The van der Waals surface area contributed by atoms with Crippen LogP contribution in [0.15, 0.2) is 18.2 Å². The Hall–Kier alpha value is -1.03. The van der Waals surface area contributed by atoms with Crippen LogP contribution < -0.4 is 0 Å². The molecule has 0 amide bonds. The largest absolute Gasteiger partial charge is 0.401 e. The summed E-state index contributed by atoms with van der Waals surface area (Å²) in [5.41, 5.74) is 3.44. The predicted octanol–water partition coefficient (Wildman–Crippen LogP) is 4.93. The number of benzene rings is 1. The van der Waals surface area contributed by atoms with Gasteiger partial charge in [0.2, 0.25) is 0 Å². The van der Waals surface area contributed by atoms with Gasteiger partial charge in [-0.15, -0.1) is 0 Å². The lowest BCUT2D eigenvalue weighted by molar-refractivity contribution is -0.147. The zero-order valence-corrected chi connectivity index (χ0v) is 13.6. The molecule has 0 fully saturated rings. The van der Waals surface area contributed by atoms with Gasteiger partial charge >= 0.3 is 6.18 Å². The second-order valence-electron chi connectivity index (χ2n) is 6.31. The first-order valence-corrected chi connectivity index (χ1v) is 7.56. The van der Waals surface area contributed by atoms with Crippen LogP contribution in [0.25, 0.3) is 0 Å². The van der Waals surface area contributed by atoms with E-state index in [0.717, 1.165) is 5.56 Å². The average molecular weight is 301 g/mol. The molecule has 0 radical (unpaired) electrons. The number of nitrogens with zero attached hydrogens (tertiary/aromatic N) is 1. The number of rotatable bonds is 1. The summed E-state index contributed by atoms with van der Waals surface area (Å²) >= 11 is 0. The first kappa shape index (κ1) is 18.0. The molecule has 0 aliphatic carbocycles. The highest BCUT2D eigenvalue weighted by Crippen LogP contribution is 2.28. The summed E-state index contributed by atoms with van der Waals surface area (Å²) in [7, 11) is 0. The highest BCUT2D eigenvalue weighted by molar-refractivity contribution is 5.36. The predicted molar refractivity (Wildman–Crippen MR) is 81.5 cm³/mol. The van der Waals surface area contributed by atoms with E-state index in [0.29, 0.717) is 19.5 Å². The molecule has 4 heteroatoms. The number of fused-ring (bicyclic) bond motifs is 1. The molecule has 0 aromatic heterocycles. The molecule has 1 aliphatic rings. The number of alkyl halides is 3. The molecule has 0 atom stereocenters. The maximum Gasteiger partial charge on any atom is 0.401 e. The lowest BCUT2D eigenvalue weighted by Gasteiger charge is -2.31. The van der Waals surface area contributed by atoms with Crippen molar-refractivity contribution >= 4 is 0 Å². The van der Waals surface area contributed by atoms with E-state index in [2.05, 4.69) is 39.0 Å². The fourth-order valence-corrected chi connectivity index (χ4v) is 2.47. The summed E-state index contributed by atoms with van der Waals surface area (Å²) in [5, 5.41) is 0. The van der Waals surface area contributed by atoms with E-state index < -0.39 is 12.7 Å². The van der Waals surface area contributed by atoms with Crippen molar-refractivity contribution < 1.29 is 13.2 Å². The quantitative estimate of drug-likeness (QED) is 0.711. The summed E-state index contributed by atoms with van der Waals surface area (Å²) in [4.78, 5) is 1.48. The summed E-state index contributed by atoms with van der Waals surface area (Å²) in [5.74, 6) is 0. The Kier molecular flexibility index (Phi) is 5.85. The van der Waals surface area contributed by atoms with Crippen molar-refractivity contribution in [3.8, 4) is 0 Å². The van der Waals surface area contributed by atoms with Crippen LogP contribution in [0.2, 0.25) is 0 Å². The van der Waals surface area contributed by atoms with Crippen LogP contribution in [-0.2, 0) is 18.4 Å². The topological polar surface area (TPSA) is 3.24 Å². The fraction of sp³-hybridized carbons (Fsp3) is 0.647. The number of hydrogen-bond donors (Lipinski definition) is 0. The summed E-state index contributed by atoms with van der Waals surface area (Å²) < 4.78 is 37.3. The van der Waals surface area contributed by atoms with Crippen LogP contribution in [0.4, 0.5) is 13.2 Å². The van der Waals surface area contributed by atoms with Gasteiger partial charge in [0, 0.05) is 13.1 Å². The third-order valence-electron chi connectivity index (χ3n) is 3.57. The molecule has 0 N–H and O–H groups in total. The van der Waals surface area contributed by atoms with E-state index in [-0.39, 0.29) is 5.41 Å². The van der Waals surface area contributed by atoms with Gasteiger partial charge in [-0.25, -0.2) is 0 Å². The molecule has 2 rings (SSSR count). The van der Waals surface area contributed by atoms with Crippen LogP contribution in [0, 0.1) is 0 Å². The van der Waals surface area contributed by atoms with Gasteiger partial charge in [-0.1, -0.05) is 52.8 Å². The Balaban J connectivity index is 0.00000106. The minimum Gasteiger partial charge on any atom is -0.290 e. The van der Waals surface area contributed by atoms with Crippen molar-refractivity contribution in [2.75, 3.05) is 13.1 Å². The van der Waals surface area contributed by atoms with Crippen molar-refractivity contribution in [2.24, 2.45) is 0 Å². The molecule has 0 saturated carbocycles. The third-order valence-corrected chi connectivity index (χ3v) is 3.57. The highest BCUT2D eigenvalue weighted by Gasteiger charge is 2.32. The molecule has 0 unspecified atom stereocenters. The van der Waals surface area contributed by atoms with Crippen molar-refractivity contribution in [1.82, 2.24) is 4.90 Å². The Morgan fingerprint density at radius 2 is 1.67 bits per heavy atom. The molecule has 0 saturated heterocycles. The molecule has 1 aliphatic heterocycles. The maximum absolute atomic E-state index is 12.4. The van der Waals surface area contributed by atoms with Gasteiger partial charge in [0.25, 0.3) is 0 Å². The van der Waals surface area contributed by atoms with E-state index in [1.807, 2.05) is 13.8 Å². The standard InChI is InChI=1S/C15H20F3N.C2H6/c1-14(2,3)13-5-4-11-6-7-19(9-12(11)8-13)10-15(16,17)18;1-2/h4-5,8H,6-7,9-10H2,1-3H3;1-2H3. The van der Waals surface area contributed by atoms with Crippen LogP contribution in [-0.4, -0.2) is 24.2 Å². The highest BCUT2D eigenvalue weighted by atomic mass is 19.4. The zero-order valence-electron chi connectivity index (χ0n) is 13.6. The number of halogens is 3. The smallest absolute Gasteiger partial charge is 0.290 e. The minimum atomic E-state index is -4.11. The van der Waals surface area contributed by atoms with Crippen LogP contribution in [0.5, 0.6) is 0 Å². The van der Waals surface area contributed by atoms with Crippen molar-refractivity contribution in [1.29, 1.82) is 0 Å². The fourth-order valence-electron chi connectivity index (χ4n) is 2.47. The van der Waals surface area contributed by atoms with E-state index in [9.17, 15) is 13.2 Å². The molecular weight excluding hydrogens is 275 g/mol. The van der Waals surface area contributed by atoms with Crippen molar-refractivity contribution in [3.05, 3.63) is 34.9 Å². The summed E-state index contributed by atoms with van der Waals surface area (Å²) in [6.07, 6.45) is -3.41. The molecule has 1 heterocycles. The maximum atomic E-state index is 12.4. The van der Waals surface area contributed by atoms with E-state index in [1.165, 1.54) is 16.0 Å². The zero-order chi connectivity index (χ0) is 16.3. The van der Waals surface area contributed by atoms with Gasteiger partial charge in [0.05, 0.1) is 6.54 Å². The SMILES string of the molecule is CC.CC(C)(C)c1ccc2c(c1)CN(CC(F)(F)F)CC2. The molecule has 1 aromatic carbocycles. The average Bonchev–Trinajstić information content (AvgIpc) is 2.37. The summed E-state index contributed by atoms with van der Waals surface area (Å²) in [6, 6.07) is 6.23. The molecule has 21 heavy (non-hydrogen) atoms. The van der Waals surface area contributed by atoms with Crippen LogP contribution in [0.3, 0.4) is 0 Å². The first-order chi connectivity index (χ1) is 9.65. The van der Waals surface area contributed by atoms with Gasteiger partial charge < -0.3 is 0 Å². The monoisotopic (exact) mass is 301 g/mol. The Labute approximate surface area is 126 Å². The van der Waals surface area contributed by atoms with E-state index in [1.54, 1.807) is 0 Å². The molecule has 1 nitrogen and oxygen atoms in total. The minimum absolute atomic E-state index is 0.0291. The Morgan fingerprint density at radius 1 is 1.05 bits per heavy atom. The lowest BCUT2D eigenvalue weighted by atomic mass is 9.84. The molecular formula is C17H26F3N. The van der Waals surface area contributed by atoms with Crippen LogP contribution >= 0.6 is 0 Å².